The number of nitrogens with one attached hydrogen (secondary N) is 1. The van der Waals surface area contributed by atoms with Crippen LogP contribution in [-0.2, 0) is 28.6 Å². The van der Waals surface area contributed by atoms with Crippen LogP contribution in [0, 0.1) is 6.92 Å². The van der Waals surface area contributed by atoms with Gasteiger partial charge in [0.1, 0.15) is 0 Å². The van der Waals surface area contributed by atoms with Crippen LogP contribution in [0.5, 0.6) is 0 Å². The molecule has 3 amide bonds. The van der Waals surface area contributed by atoms with Gasteiger partial charge in [-0.25, -0.2) is 4.68 Å². The number of nitrogens with zero attached hydrogens (tertiary/aromatic N) is 4. The molecule has 1 atom stereocenters. The van der Waals surface area contributed by atoms with Crippen LogP contribution in [-0.4, -0.2) is 71.4 Å². The van der Waals surface area contributed by atoms with Crippen LogP contribution in [0.1, 0.15) is 104 Å². The molecule has 0 spiro atoms. The molecule has 0 fully saturated rings. The standard InChI is InChI=1S/C48H61N5O4Si/c1-9-11-26-51(27-12-10-2)47(56)43-28-34(3)53(50-43)44-25-24-39(49-45(54)30-37-22-17-21-35-18-15-16-23-41(35)37)31-42(44)46(55)52-32-38-20-14-13-19-36(38)29-40(52)33-57-58(7,8)48(4,5)6/h13-25,28,31,40H,9-12,26-27,29-30,32-33H2,1-8H3,(H,49,54)/t40-/m0/s1. The maximum absolute atomic E-state index is 15.3. The lowest BCUT2D eigenvalue weighted by atomic mass is 9.93. The molecule has 0 bridgehead atoms. The average Bonchev–Trinajstić information content (AvgIpc) is 3.59. The summed E-state index contributed by atoms with van der Waals surface area (Å²) < 4.78 is 8.51. The van der Waals surface area contributed by atoms with Gasteiger partial charge in [0.15, 0.2) is 14.0 Å². The highest BCUT2D eigenvalue weighted by molar-refractivity contribution is 6.74. The SMILES string of the molecule is CCCCN(CCCC)C(=O)c1cc(C)n(-c2ccc(NC(=O)Cc3cccc4ccccc34)cc2C(=O)N2Cc3ccccc3C[C@H]2CO[Si](C)(C)C(C)(C)C)n1. The molecule has 4 aromatic carbocycles. The molecular weight excluding hydrogens is 739 g/mol. The van der Waals surface area contributed by atoms with Crippen LogP contribution < -0.4 is 5.32 Å². The number of aryl methyl sites for hydroxylation is 1. The van der Waals surface area contributed by atoms with Crippen LogP contribution in [0.15, 0.2) is 91.0 Å². The van der Waals surface area contributed by atoms with Gasteiger partial charge in [0.2, 0.25) is 5.91 Å². The summed E-state index contributed by atoms with van der Waals surface area (Å²) >= 11 is 0. The second kappa shape index (κ2) is 18.2. The van der Waals surface area contributed by atoms with Crippen molar-refractivity contribution in [1.29, 1.82) is 0 Å². The van der Waals surface area contributed by atoms with E-state index in [1.54, 1.807) is 10.7 Å². The summed E-state index contributed by atoms with van der Waals surface area (Å²) in [7, 11) is -2.14. The molecule has 0 saturated heterocycles. The molecule has 306 valence electrons. The van der Waals surface area contributed by atoms with Crippen molar-refractivity contribution in [1.82, 2.24) is 19.6 Å². The number of aromatic nitrogens is 2. The Labute approximate surface area is 345 Å². The zero-order valence-electron chi connectivity index (χ0n) is 35.7. The molecule has 1 aliphatic rings. The number of unbranched alkanes of at least 4 members (excludes halogenated alkanes) is 2. The van der Waals surface area contributed by atoms with Crippen molar-refractivity contribution < 1.29 is 18.8 Å². The highest BCUT2D eigenvalue weighted by Crippen LogP contribution is 2.38. The number of rotatable bonds is 15. The van der Waals surface area contributed by atoms with Crippen LogP contribution in [0.3, 0.4) is 0 Å². The second-order valence-electron chi connectivity index (χ2n) is 17.3. The van der Waals surface area contributed by atoms with Crippen LogP contribution in [0.25, 0.3) is 16.5 Å². The first kappa shape index (κ1) is 42.5. The summed E-state index contributed by atoms with van der Waals surface area (Å²) in [5.41, 5.74) is 5.77. The van der Waals surface area contributed by atoms with Gasteiger partial charge in [-0.15, -0.1) is 0 Å². The minimum atomic E-state index is -2.14. The maximum atomic E-state index is 15.3. The van der Waals surface area contributed by atoms with Gasteiger partial charge >= 0.3 is 0 Å². The predicted octanol–water partition coefficient (Wildman–Crippen LogP) is 10.1. The predicted molar refractivity (Wildman–Crippen MR) is 237 cm³/mol. The van der Waals surface area contributed by atoms with Crippen molar-refractivity contribution in [3.05, 3.63) is 125 Å². The Morgan fingerprint density at radius 3 is 2.26 bits per heavy atom. The van der Waals surface area contributed by atoms with Crippen molar-refractivity contribution in [3.8, 4) is 5.69 Å². The summed E-state index contributed by atoms with van der Waals surface area (Å²) in [5, 5.41) is 10.1. The molecule has 1 aliphatic heterocycles. The van der Waals surface area contributed by atoms with E-state index in [9.17, 15) is 9.59 Å². The molecule has 0 unspecified atom stereocenters. The molecule has 9 nitrogen and oxygen atoms in total. The number of hydrogen-bond acceptors (Lipinski definition) is 5. The summed E-state index contributed by atoms with van der Waals surface area (Å²) in [6.45, 7) is 19.5. The van der Waals surface area contributed by atoms with Crippen LogP contribution >= 0.6 is 0 Å². The largest absolute Gasteiger partial charge is 0.415 e. The van der Waals surface area contributed by atoms with Crippen molar-refractivity contribution in [2.45, 2.75) is 111 Å². The first-order valence-electron chi connectivity index (χ1n) is 21.0. The fraction of sp³-hybridized carbons (Fsp3) is 0.417. The average molecular weight is 800 g/mol. The number of carbonyl (C=O) groups is 3. The zero-order valence-corrected chi connectivity index (χ0v) is 36.7. The van der Waals surface area contributed by atoms with Crippen molar-refractivity contribution in [3.63, 3.8) is 0 Å². The van der Waals surface area contributed by atoms with E-state index in [4.69, 9.17) is 9.52 Å². The van der Waals surface area contributed by atoms with Gasteiger partial charge in [0.25, 0.3) is 11.8 Å². The molecule has 1 aromatic heterocycles. The number of anilines is 1. The molecule has 0 aliphatic carbocycles. The first-order chi connectivity index (χ1) is 27.7. The topological polar surface area (TPSA) is 96.8 Å². The summed E-state index contributed by atoms with van der Waals surface area (Å²) in [5.74, 6) is -0.476. The molecule has 5 aromatic rings. The third kappa shape index (κ3) is 9.62. The van der Waals surface area contributed by atoms with Gasteiger partial charge in [0, 0.05) is 31.0 Å². The zero-order chi connectivity index (χ0) is 41.6. The number of benzene rings is 4. The van der Waals surface area contributed by atoms with E-state index in [0.29, 0.717) is 55.3 Å². The van der Waals surface area contributed by atoms with Gasteiger partial charge in [-0.2, -0.15) is 5.10 Å². The highest BCUT2D eigenvalue weighted by Gasteiger charge is 2.40. The summed E-state index contributed by atoms with van der Waals surface area (Å²) in [6, 6.07) is 29.3. The van der Waals surface area contributed by atoms with E-state index in [2.05, 4.69) is 71.2 Å². The maximum Gasteiger partial charge on any atom is 0.274 e. The van der Waals surface area contributed by atoms with Crippen LogP contribution in [0.2, 0.25) is 18.1 Å². The van der Waals surface area contributed by atoms with E-state index in [-0.39, 0.29) is 35.2 Å². The van der Waals surface area contributed by atoms with E-state index in [1.165, 1.54) is 5.56 Å². The number of amides is 3. The Hall–Kier alpha value is -5.06. The number of fused-ring (bicyclic) bond motifs is 2. The lowest BCUT2D eigenvalue weighted by molar-refractivity contribution is -0.115. The normalized spacial score (nSPS) is 14.3. The fourth-order valence-electron chi connectivity index (χ4n) is 7.44. The van der Waals surface area contributed by atoms with Gasteiger partial charge < -0.3 is 19.5 Å². The lowest BCUT2D eigenvalue weighted by Crippen LogP contribution is -2.50. The Balaban J connectivity index is 1.39. The van der Waals surface area contributed by atoms with Crippen molar-refractivity contribution in [2.24, 2.45) is 0 Å². The van der Waals surface area contributed by atoms with Crippen molar-refractivity contribution in [2.75, 3.05) is 25.0 Å². The van der Waals surface area contributed by atoms with Gasteiger partial charge in [-0.3, -0.25) is 14.4 Å². The lowest BCUT2D eigenvalue weighted by Gasteiger charge is -2.41. The molecule has 0 radical (unpaired) electrons. The molecular formula is C48H61N5O4Si. The Kier molecular flexibility index (Phi) is 13.4. The van der Waals surface area contributed by atoms with Gasteiger partial charge in [-0.1, -0.05) is 114 Å². The number of carbonyl (C=O) groups excluding carboxylic acids is 3. The summed E-state index contributed by atoms with van der Waals surface area (Å²) in [6.07, 6.45) is 4.66. The van der Waals surface area contributed by atoms with E-state index in [0.717, 1.165) is 53.3 Å². The van der Waals surface area contributed by atoms with E-state index < -0.39 is 8.32 Å². The minimum absolute atomic E-state index is 0.00950. The number of hydrogen-bond donors (Lipinski definition) is 1. The monoisotopic (exact) mass is 799 g/mol. The second-order valence-corrected chi connectivity index (χ2v) is 22.1. The molecule has 6 rings (SSSR count). The Morgan fingerprint density at radius 1 is 0.879 bits per heavy atom. The van der Waals surface area contributed by atoms with E-state index in [1.807, 2.05) is 83.5 Å². The molecule has 10 heteroatoms. The van der Waals surface area contributed by atoms with E-state index >= 15 is 4.79 Å². The Morgan fingerprint density at radius 2 is 1.55 bits per heavy atom. The van der Waals surface area contributed by atoms with Crippen molar-refractivity contribution >= 4 is 42.5 Å². The smallest absolute Gasteiger partial charge is 0.274 e. The molecule has 2 heterocycles. The third-order valence-corrected chi connectivity index (χ3v) is 16.5. The molecule has 0 saturated carbocycles. The van der Waals surface area contributed by atoms with Crippen LogP contribution in [0.4, 0.5) is 5.69 Å². The minimum Gasteiger partial charge on any atom is -0.415 e. The quantitative estimate of drug-likeness (QED) is 0.106. The Bertz CT molecular complexity index is 2240. The van der Waals surface area contributed by atoms with Gasteiger partial charge in [-0.05, 0) is 96.0 Å². The third-order valence-electron chi connectivity index (χ3n) is 12.0. The fourth-order valence-corrected chi connectivity index (χ4v) is 8.48. The van der Waals surface area contributed by atoms with Gasteiger partial charge in [0.05, 0.1) is 30.3 Å². The summed E-state index contributed by atoms with van der Waals surface area (Å²) in [4.78, 5) is 46.7. The highest BCUT2D eigenvalue weighted by atomic mass is 28.4. The molecule has 1 N–H and O–H groups in total. The first-order valence-corrected chi connectivity index (χ1v) is 23.9. The molecule has 58 heavy (non-hydrogen) atoms.